The summed E-state index contributed by atoms with van der Waals surface area (Å²) in [5.74, 6) is 0. The summed E-state index contributed by atoms with van der Waals surface area (Å²) in [5, 5.41) is 1.73. The lowest BCUT2D eigenvalue weighted by Crippen LogP contribution is -1.91. The minimum absolute atomic E-state index is 0.719. The molecular formula is C13H9BrClN3. The second-order valence-corrected chi connectivity index (χ2v) is 5.31. The maximum atomic E-state index is 5.91. The number of hydrogen-bond acceptors (Lipinski definition) is 2. The highest BCUT2D eigenvalue weighted by atomic mass is 79.9. The smallest absolute Gasteiger partial charge is 0.144 e. The van der Waals surface area contributed by atoms with Crippen molar-refractivity contribution < 1.29 is 0 Å². The lowest BCUT2D eigenvalue weighted by molar-refractivity contribution is 0.942. The summed E-state index contributed by atoms with van der Waals surface area (Å²) in [7, 11) is 1.96. The largest absolute Gasteiger partial charge is 0.334 e. The van der Waals surface area contributed by atoms with Gasteiger partial charge in [-0.1, -0.05) is 23.7 Å². The molecule has 2 heterocycles. The van der Waals surface area contributed by atoms with Crippen LogP contribution in [0.2, 0.25) is 5.02 Å². The number of benzene rings is 1. The summed E-state index contributed by atoms with van der Waals surface area (Å²) >= 11 is 9.46. The van der Waals surface area contributed by atoms with E-state index in [0.29, 0.717) is 0 Å². The monoisotopic (exact) mass is 321 g/mol. The SMILES string of the molecule is Cn1cc(Br)c2c(-c3ccc(Cl)cc3)ncnc21. The number of aryl methyl sites for hydroxylation is 1. The molecule has 0 aliphatic rings. The first-order valence-corrected chi connectivity index (χ1v) is 6.55. The van der Waals surface area contributed by atoms with Gasteiger partial charge in [0.05, 0.1) is 11.1 Å². The van der Waals surface area contributed by atoms with Crippen molar-refractivity contribution in [3.63, 3.8) is 0 Å². The van der Waals surface area contributed by atoms with E-state index in [1.54, 1.807) is 6.33 Å². The Bertz CT molecular complexity index is 719. The molecule has 0 amide bonds. The molecule has 90 valence electrons. The molecule has 3 nitrogen and oxygen atoms in total. The molecule has 1 aromatic carbocycles. The van der Waals surface area contributed by atoms with E-state index >= 15 is 0 Å². The number of rotatable bonds is 1. The molecule has 0 fully saturated rings. The molecular weight excluding hydrogens is 314 g/mol. The fourth-order valence-electron chi connectivity index (χ4n) is 1.99. The zero-order chi connectivity index (χ0) is 12.7. The Morgan fingerprint density at radius 1 is 1.17 bits per heavy atom. The fraction of sp³-hybridized carbons (Fsp3) is 0.0769. The maximum Gasteiger partial charge on any atom is 0.144 e. The number of halogens is 2. The lowest BCUT2D eigenvalue weighted by atomic mass is 10.1. The molecule has 0 aliphatic carbocycles. The Morgan fingerprint density at radius 2 is 1.89 bits per heavy atom. The van der Waals surface area contributed by atoms with Gasteiger partial charge in [0.2, 0.25) is 0 Å². The van der Waals surface area contributed by atoms with E-state index in [9.17, 15) is 0 Å². The molecule has 2 aromatic heterocycles. The van der Waals surface area contributed by atoms with Gasteiger partial charge < -0.3 is 4.57 Å². The Hall–Kier alpha value is -1.39. The van der Waals surface area contributed by atoms with Crippen molar-refractivity contribution >= 4 is 38.6 Å². The Balaban J connectivity index is 2.32. The summed E-state index contributed by atoms with van der Waals surface area (Å²) in [5.41, 5.74) is 2.84. The van der Waals surface area contributed by atoms with Crippen LogP contribution in [0.3, 0.4) is 0 Å². The predicted octanol–water partition coefficient (Wildman–Crippen LogP) is 4.05. The summed E-state index contributed by atoms with van der Waals surface area (Å²) in [4.78, 5) is 8.68. The third-order valence-electron chi connectivity index (χ3n) is 2.82. The normalized spacial score (nSPS) is 11.1. The number of fused-ring (bicyclic) bond motifs is 1. The summed E-state index contributed by atoms with van der Waals surface area (Å²) in [6.07, 6.45) is 3.57. The van der Waals surface area contributed by atoms with Crippen LogP contribution in [-0.4, -0.2) is 14.5 Å². The molecule has 0 atom stereocenters. The van der Waals surface area contributed by atoms with Gasteiger partial charge in [0, 0.05) is 28.3 Å². The summed E-state index contributed by atoms with van der Waals surface area (Å²) in [6, 6.07) is 7.65. The van der Waals surface area contributed by atoms with Gasteiger partial charge in [0.15, 0.2) is 0 Å². The first kappa shape index (κ1) is 11.7. The molecule has 0 bridgehead atoms. The molecule has 18 heavy (non-hydrogen) atoms. The molecule has 5 heteroatoms. The van der Waals surface area contributed by atoms with Crippen LogP contribution in [0.25, 0.3) is 22.3 Å². The zero-order valence-corrected chi connectivity index (χ0v) is 11.9. The molecule has 0 spiro atoms. The van der Waals surface area contributed by atoms with E-state index in [4.69, 9.17) is 11.6 Å². The Morgan fingerprint density at radius 3 is 2.61 bits per heavy atom. The standard InChI is InChI=1S/C13H9BrClN3/c1-18-6-10(14)11-12(16-7-17-13(11)18)8-2-4-9(15)5-3-8/h2-7H,1H3. The van der Waals surface area contributed by atoms with Gasteiger partial charge in [-0.15, -0.1) is 0 Å². The molecule has 0 aliphatic heterocycles. The second kappa shape index (κ2) is 4.37. The van der Waals surface area contributed by atoms with Crippen LogP contribution in [0.1, 0.15) is 0 Å². The molecule has 0 radical (unpaired) electrons. The molecule has 3 aromatic rings. The highest BCUT2D eigenvalue weighted by Crippen LogP contribution is 2.32. The molecule has 0 saturated heterocycles. The van der Waals surface area contributed by atoms with Gasteiger partial charge >= 0.3 is 0 Å². The summed E-state index contributed by atoms with van der Waals surface area (Å²) in [6.45, 7) is 0. The van der Waals surface area contributed by atoms with Crippen LogP contribution < -0.4 is 0 Å². The van der Waals surface area contributed by atoms with Gasteiger partial charge in [-0.2, -0.15) is 0 Å². The number of aromatic nitrogens is 3. The van der Waals surface area contributed by atoms with Crippen molar-refractivity contribution in [3.8, 4) is 11.3 Å². The van der Waals surface area contributed by atoms with E-state index in [-0.39, 0.29) is 0 Å². The van der Waals surface area contributed by atoms with E-state index in [2.05, 4.69) is 25.9 Å². The topological polar surface area (TPSA) is 30.7 Å². The molecule has 3 rings (SSSR count). The van der Waals surface area contributed by atoms with Crippen LogP contribution in [0.15, 0.2) is 41.3 Å². The van der Waals surface area contributed by atoms with Crippen molar-refractivity contribution in [1.82, 2.24) is 14.5 Å². The van der Waals surface area contributed by atoms with Crippen LogP contribution >= 0.6 is 27.5 Å². The average molecular weight is 323 g/mol. The Labute approximate surface area is 118 Å². The predicted molar refractivity (Wildman–Crippen MR) is 76.7 cm³/mol. The van der Waals surface area contributed by atoms with Crippen molar-refractivity contribution in [2.45, 2.75) is 0 Å². The van der Waals surface area contributed by atoms with Crippen molar-refractivity contribution in [2.75, 3.05) is 0 Å². The van der Waals surface area contributed by atoms with E-state index in [0.717, 1.165) is 31.8 Å². The first-order valence-electron chi connectivity index (χ1n) is 5.38. The highest BCUT2D eigenvalue weighted by Gasteiger charge is 2.12. The van der Waals surface area contributed by atoms with Gasteiger partial charge in [-0.3, -0.25) is 0 Å². The zero-order valence-electron chi connectivity index (χ0n) is 9.56. The Kier molecular flexibility index (Phi) is 2.84. The number of nitrogens with zero attached hydrogens (tertiary/aromatic N) is 3. The quantitative estimate of drug-likeness (QED) is 0.676. The fourth-order valence-corrected chi connectivity index (χ4v) is 2.78. The minimum Gasteiger partial charge on any atom is -0.334 e. The second-order valence-electron chi connectivity index (χ2n) is 4.02. The van der Waals surface area contributed by atoms with Crippen LogP contribution in [-0.2, 0) is 7.05 Å². The lowest BCUT2D eigenvalue weighted by Gasteiger charge is -2.03. The van der Waals surface area contributed by atoms with Crippen molar-refractivity contribution in [1.29, 1.82) is 0 Å². The van der Waals surface area contributed by atoms with Crippen LogP contribution in [0, 0.1) is 0 Å². The van der Waals surface area contributed by atoms with Gasteiger partial charge in [-0.05, 0) is 28.1 Å². The van der Waals surface area contributed by atoms with Gasteiger partial charge in [-0.25, -0.2) is 9.97 Å². The van der Waals surface area contributed by atoms with E-state index in [1.165, 1.54) is 0 Å². The first-order chi connectivity index (χ1) is 8.66. The third-order valence-corrected chi connectivity index (χ3v) is 3.68. The van der Waals surface area contributed by atoms with E-state index in [1.807, 2.05) is 42.1 Å². The van der Waals surface area contributed by atoms with Crippen LogP contribution in [0.5, 0.6) is 0 Å². The third kappa shape index (κ3) is 1.82. The van der Waals surface area contributed by atoms with Crippen LogP contribution in [0.4, 0.5) is 0 Å². The summed E-state index contributed by atoms with van der Waals surface area (Å²) < 4.78 is 2.96. The maximum absolute atomic E-state index is 5.91. The van der Waals surface area contributed by atoms with Crippen molar-refractivity contribution in [2.24, 2.45) is 7.05 Å². The number of hydrogen-bond donors (Lipinski definition) is 0. The molecule has 0 saturated carbocycles. The van der Waals surface area contributed by atoms with E-state index < -0.39 is 0 Å². The van der Waals surface area contributed by atoms with Gasteiger partial charge in [0.25, 0.3) is 0 Å². The highest BCUT2D eigenvalue weighted by molar-refractivity contribution is 9.10. The molecule has 0 N–H and O–H groups in total. The average Bonchev–Trinajstić information content (AvgIpc) is 2.66. The minimum atomic E-state index is 0.719. The molecule has 0 unspecified atom stereocenters. The van der Waals surface area contributed by atoms with Crippen molar-refractivity contribution in [3.05, 3.63) is 46.3 Å². The van der Waals surface area contributed by atoms with Gasteiger partial charge in [0.1, 0.15) is 12.0 Å².